The number of piperidine rings is 1. The third-order valence-corrected chi connectivity index (χ3v) is 5.01. The van der Waals surface area contributed by atoms with E-state index in [0.29, 0.717) is 6.54 Å². The quantitative estimate of drug-likeness (QED) is 0.717. The van der Waals surface area contributed by atoms with Crippen LogP contribution in [0.3, 0.4) is 0 Å². The van der Waals surface area contributed by atoms with Crippen LogP contribution in [0.1, 0.15) is 37.3 Å². The van der Waals surface area contributed by atoms with Crippen molar-refractivity contribution >= 4 is 17.9 Å². The van der Waals surface area contributed by atoms with E-state index in [1.54, 1.807) is 6.08 Å². The average Bonchev–Trinajstić information content (AvgIpc) is 3.14. The summed E-state index contributed by atoms with van der Waals surface area (Å²) < 4.78 is 5.50. The highest BCUT2D eigenvalue weighted by atomic mass is 16.5. The summed E-state index contributed by atoms with van der Waals surface area (Å²) >= 11 is 0. The molecule has 0 aromatic heterocycles. The Morgan fingerprint density at radius 1 is 1.30 bits per heavy atom. The molecule has 0 atom stereocenters. The Kier molecular flexibility index (Phi) is 6.87. The molecule has 0 bridgehead atoms. The van der Waals surface area contributed by atoms with Crippen molar-refractivity contribution in [2.75, 3.05) is 32.8 Å². The molecule has 2 aliphatic rings. The van der Waals surface area contributed by atoms with Crippen LogP contribution in [-0.4, -0.2) is 55.5 Å². The Hall–Kier alpha value is -2.34. The number of amides is 2. The standard InChI is InChI=1S/C21H29N3O3/c1-2-10-22-21(26)15-24-11-7-18(8-12-24)23-20(25)6-4-16-3-5-19-17(14-16)9-13-27-19/h3-6,14,18H,2,7-13,15H2,1H3,(H,22,26)(H,23,25)/b6-4+. The molecule has 1 aromatic rings. The van der Waals surface area contributed by atoms with Gasteiger partial charge in [-0.3, -0.25) is 14.5 Å². The van der Waals surface area contributed by atoms with Crippen molar-refractivity contribution in [2.45, 2.75) is 38.6 Å². The summed E-state index contributed by atoms with van der Waals surface area (Å²) in [6.07, 6.45) is 7.07. The van der Waals surface area contributed by atoms with E-state index in [-0.39, 0.29) is 17.9 Å². The fourth-order valence-electron chi connectivity index (χ4n) is 3.49. The van der Waals surface area contributed by atoms with Gasteiger partial charge in [-0.05, 0) is 48.6 Å². The van der Waals surface area contributed by atoms with Crippen LogP contribution in [-0.2, 0) is 16.0 Å². The number of nitrogens with zero attached hydrogens (tertiary/aromatic N) is 1. The molecule has 2 heterocycles. The molecule has 0 radical (unpaired) electrons. The predicted molar refractivity (Wildman–Crippen MR) is 106 cm³/mol. The minimum atomic E-state index is -0.0640. The zero-order chi connectivity index (χ0) is 19.1. The molecule has 1 saturated heterocycles. The van der Waals surface area contributed by atoms with Gasteiger partial charge in [0.05, 0.1) is 13.2 Å². The lowest BCUT2D eigenvalue weighted by Gasteiger charge is -2.31. The summed E-state index contributed by atoms with van der Waals surface area (Å²) in [4.78, 5) is 26.1. The van der Waals surface area contributed by atoms with Crippen LogP contribution < -0.4 is 15.4 Å². The summed E-state index contributed by atoms with van der Waals surface area (Å²) in [6.45, 7) is 5.62. The van der Waals surface area contributed by atoms with Crippen molar-refractivity contribution in [3.05, 3.63) is 35.4 Å². The molecule has 3 rings (SSSR count). The van der Waals surface area contributed by atoms with E-state index in [9.17, 15) is 9.59 Å². The zero-order valence-electron chi connectivity index (χ0n) is 16.0. The van der Waals surface area contributed by atoms with Crippen LogP contribution in [0.15, 0.2) is 24.3 Å². The number of nitrogens with one attached hydrogen (secondary N) is 2. The second-order valence-electron chi connectivity index (χ2n) is 7.21. The van der Waals surface area contributed by atoms with E-state index in [1.807, 2.05) is 25.1 Å². The number of rotatable bonds is 7. The molecule has 1 aromatic carbocycles. The lowest BCUT2D eigenvalue weighted by molar-refractivity contribution is -0.123. The number of hydrogen-bond acceptors (Lipinski definition) is 4. The van der Waals surface area contributed by atoms with Gasteiger partial charge in [0.1, 0.15) is 5.75 Å². The Bertz CT molecular complexity index is 694. The number of ether oxygens (including phenoxy) is 1. The molecular weight excluding hydrogens is 342 g/mol. The highest BCUT2D eigenvalue weighted by molar-refractivity contribution is 5.92. The maximum Gasteiger partial charge on any atom is 0.244 e. The molecule has 0 aliphatic carbocycles. The van der Waals surface area contributed by atoms with Crippen LogP contribution in [0.5, 0.6) is 5.75 Å². The van der Waals surface area contributed by atoms with Gasteiger partial charge >= 0.3 is 0 Å². The van der Waals surface area contributed by atoms with Crippen molar-refractivity contribution < 1.29 is 14.3 Å². The maximum absolute atomic E-state index is 12.2. The molecule has 0 saturated carbocycles. The number of hydrogen-bond donors (Lipinski definition) is 2. The van der Waals surface area contributed by atoms with Crippen molar-refractivity contribution in [3.63, 3.8) is 0 Å². The number of carbonyl (C=O) groups excluding carboxylic acids is 2. The molecule has 2 aliphatic heterocycles. The van der Waals surface area contributed by atoms with Gasteiger partial charge in [-0.15, -0.1) is 0 Å². The van der Waals surface area contributed by atoms with Gasteiger partial charge < -0.3 is 15.4 Å². The summed E-state index contributed by atoms with van der Waals surface area (Å²) in [5.41, 5.74) is 2.22. The third kappa shape index (κ3) is 5.82. The monoisotopic (exact) mass is 371 g/mol. The minimum Gasteiger partial charge on any atom is -0.493 e. The van der Waals surface area contributed by atoms with Crippen molar-refractivity contribution in [1.82, 2.24) is 15.5 Å². The van der Waals surface area contributed by atoms with E-state index < -0.39 is 0 Å². The number of fused-ring (bicyclic) bond motifs is 1. The molecule has 2 N–H and O–H groups in total. The van der Waals surface area contributed by atoms with Gasteiger partial charge in [-0.25, -0.2) is 0 Å². The first-order valence-corrected chi connectivity index (χ1v) is 9.87. The molecule has 0 spiro atoms. The van der Waals surface area contributed by atoms with Gasteiger partial charge in [-0.2, -0.15) is 0 Å². The van der Waals surface area contributed by atoms with Gasteiger partial charge in [0.15, 0.2) is 0 Å². The first kappa shape index (κ1) is 19.4. The van der Waals surface area contributed by atoms with Gasteiger partial charge in [0.2, 0.25) is 11.8 Å². The molecular formula is C21H29N3O3. The maximum atomic E-state index is 12.2. The Morgan fingerprint density at radius 3 is 2.89 bits per heavy atom. The fraction of sp³-hybridized carbons (Fsp3) is 0.524. The van der Waals surface area contributed by atoms with Gasteiger partial charge in [0, 0.05) is 38.2 Å². The number of carbonyl (C=O) groups is 2. The predicted octanol–water partition coefficient (Wildman–Crippen LogP) is 1.74. The van der Waals surface area contributed by atoms with E-state index in [0.717, 1.165) is 63.2 Å². The van der Waals surface area contributed by atoms with Crippen molar-refractivity contribution in [3.8, 4) is 5.75 Å². The Morgan fingerprint density at radius 2 is 2.11 bits per heavy atom. The normalized spacial score (nSPS) is 17.5. The molecule has 0 unspecified atom stereocenters. The average molecular weight is 371 g/mol. The van der Waals surface area contributed by atoms with E-state index in [2.05, 4.69) is 21.6 Å². The minimum absolute atomic E-state index is 0.0640. The third-order valence-electron chi connectivity index (χ3n) is 5.01. The topological polar surface area (TPSA) is 70.7 Å². The number of benzene rings is 1. The lowest BCUT2D eigenvalue weighted by Crippen LogP contribution is -2.47. The second-order valence-corrected chi connectivity index (χ2v) is 7.21. The molecule has 2 amide bonds. The summed E-state index contributed by atoms with van der Waals surface area (Å²) in [5, 5.41) is 5.98. The van der Waals surface area contributed by atoms with Gasteiger partial charge in [-0.1, -0.05) is 13.0 Å². The highest BCUT2D eigenvalue weighted by Gasteiger charge is 2.21. The second kappa shape index (κ2) is 9.55. The SMILES string of the molecule is CCCNC(=O)CN1CCC(NC(=O)/C=C/c2ccc3c(c2)CCO3)CC1. The van der Waals surface area contributed by atoms with Crippen molar-refractivity contribution in [2.24, 2.45) is 0 Å². The fourth-order valence-corrected chi connectivity index (χ4v) is 3.49. The highest BCUT2D eigenvalue weighted by Crippen LogP contribution is 2.26. The smallest absolute Gasteiger partial charge is 0.244 e. The van der Waals surface area contributed by atoms with E-state index >= 15 is 0 Å². The summed E-state index contributed by atoms with van der Waals surface area (Å²) in [6, 6.07) is 6.18. The van der Waals surface area contributed by atoms with Gasteiger partial charge in [0.25, 0.3) is 0 Å². The number of likely N-dealkylation sites (tertiary alicyclic amines) is 1. The first-order valence-electron chi connectivity index (χ1n) is 9.87. The van der Waals surface area contributed by atoms with Crippen molar-refractivity contribution in [1.29, 1.82) is 0 Å². The molecule has 6 nitrogen and oxygen atoms in total. The van der Waals surface area contributed by atoms with Crippen LogP contribution in [0.25, 0.3) is 6.08 Å². The van der Waals surface area contributed by atoms with Crippen LogP contribution in [0.4, 0.5) is 0 Å². The zero-order valence-corrected chi connectivity index (χ0v) is 16.0. The van der Waals surface area contributed by atoms with E-state index in [4.69, 9.17) is 4.74 Å². The summed E-state index contributed by atoms with van der Waals surface area (Å²) in [5.74, 6) is 0.972. The Balaban J connectivity index is 1.40. The largest absolute Gasteiger partial charge is 0.493 e. The molecule has 6 heteroatoms. The lowest BCUT2D eigenvalue weighted by atomic mass is 10.0. The summed E-state index contributed by atoms with van der Waals surface area (Å²) in [7, 11) is 0. The Labute approximate surface area is 161 Å². The first-order chi connectivity index (χ1) is 13.1. The molecule has 146 valence electrons. The van der Waals surface area contributed by atoms with Crippen LogP contribution >= 0.6 is 0 Å². The van der Waals surface area contributed by atoms with Crippen LogP contribution in [0.2, 0.25) is 0 Å². The van der Waals surface area contributed by atoms with E-state index in [1.165, 1.54) is 5.56 Å². The van der Waals surface area contributed by atoms with Crippen LogP contribution in [0, 0.1) is 0 Å². The molecule has 27 heavy (non-hydrogen) atoms. The molecule has 1 fully saturated rings.